The van der Waals surface area contributed by atoms with E-state index in [4.69, 9.17) is 0 Å². The first-order valence-electron chi connectivity index (χ1n) is 6.26. The summed E-state index contributed by atoms with van der Waals surface area (Å²) in [6.07, 6.45) is 1.74. The lowest BCUT2D eigenvalue weighted by Crippen LogP contribution is -2.39. The molecule has 0 radical (unpaired) electrons. The Morgan fingerprint density at radius 2 is 2.05 bits per heavy atom. The van der Waals surface area contributed by atoms with E-state index >= 15 is 0 Å². The molecule has 0 aliphatic carbocycles. The molecule has 104 valence electrons. The Kier molecular flexibility index (Phi) is 4.79. The minimum absolute atomic E-state index is 0.184. The SMILES string of the molecule is O=C(N[C@@H](CO)Cc1ccccc1)c1ccnc(F)c1. The Bertz CT molecular complexity index is 575. The van der Waals surface area contributed by atoms with Crippen molar-refractivity contribution in [3.05, 3.63) is 65.7 Å². The number of nitrogens with one attached hydrogen (secondary N) is 1. The summed E-state index contributed by atoms with van der Waals surface area (Å²) in [7, 11) is 0. The maximum Gasteiger partial charge on any atom is 0.251 e. The molecule has 1 heterocycles. The van der Waals surface area contributed by atoms with Gasteiger partial charge in [0, 0.05) is 17.8 Å². The number of aliphatic hydroxyl groups excluding tert-OH is 1. The van der Waals surface area contributed by atoms with Crippen LogP contribution in [0, 0.1) is 5.95 Å². The largest absolute Gasteiger partial charge is 0.394 e. The van der Waals surface area contributed by atoms with Gasteiger partial charge >= 0.3 is 0 Å². The molecule has 2 aromatic rings. The second-order valence-electron chi connectivity index (χ2n) is 4.41. The molecule has 2 N–H and O–H groups in total. The third-order valence-electron chi connectivity index (χ3n) is 2.87. The van der Waals surface area contributed by atoms with E-state index in [1.54, 1.807) is 0 Å². The van der Waals surface area contributed by atoms with Crippen molar-refractivity contribution in [2.45, 2.75) is 12.5 Å². The number of benzene rings is 1. The number of carbonyl (C=O) groups excluding carboxylic acids is 1. The third-order valence-corrected chi connectivity index (χ3v) is 2.87. The van der Waals surface area contributed by atoms with Gasteiger partial charge in [0.2, 0.25) is 5.95 Å². The summed E-state index contributed by atoms with van der Waals surface area (Å²) in [5.41, 5.74) is 1.19. The zero-order valence-electron chi connectivity index (χ0n) is 10.8. The first-order valence-corrected chi connectivity index (χ1v) is 6.26. The predicted octanol–water partition coefficient (Wildman–Crippen LogP) is 1.55. The molecule has 4 nitrogen and oxygen atoms in total. The summed E-state index contributed by atoms with van der Waals surface area (Å²) in [6, 6.07) is 11.6. The lowest BCUT2D eigenvalue weighted by atomic mass is 10.1. The molecule has 1 amide bonds. The summed E-state index contributed by atoms with van der Waals surface area (Å²) in [5, 5.41) is 12.0. The van der Waals surface area contributed by atoms with E-state index in [0.717, 1.165) is 11.6 Å². The average Bonchev–Trinajstić information content (AvgIpc) is 2.47. The lowest BCUT2D eigenvalue weighted by molar-refractivity contribution is 0.0916. The number of hydrogen-bond donors (Lipinski definition) is 2. The smallest absolute Gasteiger partial charge is 0.251 e. The van der Waals surface area contributed by atoms with Crippen LogP contribution >= 0.6 is 0 Å². The number of halogens is 1. The fraction of sp³-hybridized carbons (Fsp3) is 0.200. The van der Waals surface area contributed by atoms with Crippen LogP contribution < -0.4 is 5.32 Å². The highest BCUT2D eigenvalue weighted by molar-refractivity contribution is 5.94. The van der Waals surface area contributed by atoms with Gasteiger partial charge in [-0.1, -0.05) is 30.3 Å². The van der Waals surface area contributed by atoms with Crippen molar-refractivity contribution < 1.29 is 14.3 Å². The molecule has 5 heteroatoms. The Labute approximate surface area is 116 Å². The second-order valence-corrected chi connectivity index (χ2v) is 4.41. The van der Waals surface area contributed by atoms with Gasteiger partial charge < -0.3 is 10.4 Å². The Hall–Kier alpha value is -2.27. The summed E-state index contributed by atoms with van der Waals surface area (Å²) < 4.78 is 13.0. The van der Waals surface area contributed by atoms with Crippen LogP contribution in [-0.4, -0.2) is 28.6 Å². The number of pyridine rings is 1. The predicted molar refractivity (Wildman–Crippen MR) is 72.7 cm³/mol. The molecule has 20 heavy (non-hydrogen) atoms. The fourth-order valence-electron chi connectivity index (χ4n) is 1.87. The second kappa shape index (κ2) is 6.77. The molecule has 2 rings (SSSR count). The molecular formula is C15H15FN2O2. The van der Waals surface area contributed by atoms with E-state index in [1.807, 2.05) is 30.3 Å². The molecule has 0 saturated carbocycles. The van der Waals surface area contributed by atoms with Gasteiger partial charge in [-0.3, -0.25) is 4.79 Å². The van der Waals surface area contributed by atoms with Crippen LogP contribution in [0.15, 0.2) is 48.7 Å². The third kappa shape index (κ3) is 3.86. The Morgan fingerprint density at radius 1 is 1.30 bits per heavy atom. The van der Waals surface area contributed by atoms with E-state index < -0.39 is 17.9 Å². The van der Waals surface area contributed by atoms with Crippen molar-refractivity contribution in [1.29, 1.82) is 0 Å². The highest BCUT2D eigenvalue weighted by Gasteiger charge is 2.14. The Morgan fingerprint density at radius 3 is 2.70 bits per heavy atom. The molecule has 0 aliphatic heterocycles. The number of aromatic nitrogens is 1. The quantitative estimate of drug-likeness (QED) is 0.813. The van der Waals surface area contributed by atoms with Crippen LogP contribution in [0.5, 0.6) is 0 Å². The van der Waals surface area contributed by atoms with Crippen LogP contribution in [0.3, 0.4) is 0 Å². The zero-order chi connectivity index (χ0) is 14.4. The number of rotatable bonds is 5. The highest BCUT2D eigenvalue weighted by atomic mass is 19.1. The van der Waals surface area contributed by atoms with Gasteiger partial charge in [0.15, 0.2) is 0 Å². The lowest BCUT2D eigenvalue weighted by Gasteiger charge is -2.16. The van der Waals surface area contributed by atoms with Gasteiger partial charge in [0.25, 0.3) is 5.91 Å². The standard InChI is InChI=1S/C15H15FN2O2/c16-14-9-12(6-7-17-14)15(20)18-13(10-19)8-11-4-2-1-3-5-11/h1-7,9,13,19H,8,10H2,(H,18,20)/t13-/m1/s1. The van der Waals surface area contributed by atoms with Gasteiger partial charge in [-0.15, -0.1) is 0 Å². The van der Waals surface area contributed by atoms with E-state index in [2.05, 4.69) is 10.3 Å². The van der Waals surface area contributed by atoms with Crippen molar-refractivity contribution >= 4 is 5.91 Å². The molecule has 0 unspecified atom stereocenters. The molecule has 0 aliphatic rings. The topological polar surface area (TPSA) is 62.2 Å². The minimum atomic E-state index is -0.707. The fourth-order valence-corrected chi connectivity index (χ4v) is 1.87. The van der Waals surface area contributed by atoms with Crippen molar-refractivity contribution in [3.8, 4) is 0 Å². The molecule has 0 fully saturated rings. The summed E-state index contributed by atoms with van der Waals surface area (Å²) in [4.78, 5) is 15.3. The number of hydrogen-bond acceptors (Lipinski definition) is 3. The van der Waals surface area contributed by atoms with Crippen LogP contribution in [-0.2, 0) is 6.42 Å². The summed E-state index contributed by atoms with van der Waals surface area (Å²) in [5.74, 6) is -1.14. The van der Waals surface area contributed by atoms with Crippen LogP contribution in [0.25, 0.3) is 0 Å². The van der Waals surface area contributed by atoms with E-state index in [9.17, 15) is 14.3 Å². The minimum Gasteiger partial charge on any atom is -0.394 e. The highest BCUT2D eigenvalue weighted by Crippen LogP contribution is 2.05. The maximum atomic E-state index is 13.0. The molecule has 0 saturated heterocycles. The number of carbonyl (C=O) groups is 1. The molecule has 1 aromatic carbocycles. The molecule has 1 atom stereocenters. The molecule has 1 aromatic heterocycles. The van der Waals surface area contributed by atoms with Gasteiger partial charge in [0.1, 0.15) is 0 Å². The molecular weight excluding hydrogens is 259 g/mol. The van der Waals surface area contributed by atoms with Gasteiger partial charge in [0.05, 0.1) is 12.6 Å². The maximum absolute atomic E-state index is 13.0. The van der Waals surface area contributed by atoms with Crippen molar-refractivity contribution in [2.24, 2.45) is 0 Å². The van der Waals surface area contributed by atoms with Crippen LogP contribution in [0.1, 0.15) is 15.9 Å². The molecule has 0 spiro atoms. The van der Waals surface area contributed by atoms with Gasteiger partial charge in [-0.2, -0.15) is 4.39 Å². The normalized spacial score (nSPS) is 11.9. The van der Waals surface area contributed by atoms with E-state index in [1.165, 1.54) is 12.3 Å². The van der Waals surface area contributed by atoms with Crippen LogP contribution in [0.4, 0.5) is 4.39 Å². The molecule has 0 bridgehead atoms. The van der Waals surface area contributed by atoms with Crippen molar-refractivity contribution in [3.63, 3.8) is 0 Å². The average molecular weight is 274 g/mol. The number of nitrogens with zero attached hydrogens (tertiary/aromatic N) is 1. The van der Waals surface area contributed by atoms with E-state index in [-0.39, 0.29) is 12.2 Å². The van der Waals surface area contributed by atoms with Gasteiger partial charge in [-0.05, 0) is 18.1 Å². The summed E-state index contributed by atoms with van der Waals surface area (Å²) >= 11 is 0. The van der Waals surface area contributed by atoms with Crippen molar-refractivity contribution in [1.82, 2.24) is 10.3 Å². The van der Waals surface area contributed by atoms with Crippen molar-refractivity contribution in [2.75, 3.05) is 6.61 Å². The summed E-state index contributed by atoms with van der Waals surface area (Å²) in [6.45, 7) is -0.186. The number of amides is 1. The van der Waals surface area contributed by atoms with Crippen LogP contribution in [0.2, 0.25) is 0 Å². The van der Waals surface area contributed by atoms with Gasteiger partial charge in [-0.25, -0.2) is 4.98 Å². The zero-order valence-corrected chi connectivity index (χ0v) is 10.8. The first-order chi connectivity index (χ1) is 9.69. The Balaban J connectivity index is 2.01. The first kappa shape index (κ1) is 14.1. The number of aliphatic hydroxyl groups is 1. The van der Waals surface area contributed by atoms with E-state index in [0.29, 0.717) is 6.42 Å². The monoisotopic (exact) mass is 274 g/mol.